The molecule has 0 N–H and O–H groups in total. The molecule has 0 amide bonds. The summed E-state index contributed by atoms with van der Waals surface area (Å²) in [5, 5.41) is 0. The number of anilines is 1. The maximum atomic E-state index is 5.99. The Labute approximate surface area is 202 Å². The van der Waals surface area contributed by atoms with Gasteiger partial charge in [-0.25, -0.2) is 0 Å². The van der Waals surface area contributed by atoms with E-state index in [9.17, 15) is 0 Å². The van der Waals surface area contributed by atoms with Crippen LogP contribution in [0.2, 0.25) is 0 Å². The summed E-state index contributed by atoms with van der Waals surface area (Å²) in [5.41, 5.74) is 11.6. The predicted molar refractivity (Wildman–Crippen MR) is 141 cm³/mol. The lowest BCUT2D eigenvalue weighted by Gasteiger charge is -2.54. The average molecular weight is 449 g/mol. The lowest BCUT2D eigenvalue weighted by atomic mass is 9.87. The maximum absolute atomic E-state index is 5.99. The SMILES string of the molecule is Cc1c(C)c(C)c(CN2C(C)C(C)N(c3ccc4c(c3)CCCCO4)C(C)C2C)c(C)c1C. The first-order valence-corrected chi connectivity index (χ1v) is 13.0. The van der Waals surface area contributed by atoms with Crippen LogP contribution in [0.3, 0.4) is 0 Å². The molecule has 2 aromatic rings. The van der Waals surface area contributed by atoms with E-state index in [4.69, 9.17) is 4.74 Å². The number of aryl methyl sites for hydroxylation is 1. The van der Waals surface area contributed by atoms with Crippen LogP contribution in [0.15, 0.2) is 18.2 Å². The van der Waals surface area contributed by atoms with E-state index in [0.717, 1.165) is 31.7 Å². The van der Waals surface area contributed by atoms with Crippen LogP contribution < -0.4 is 9.64 Å². The van der Waals surface area contributed by atoms with Gasteiger partial charge in [-0.2, -0.15) is 0 Å². The third kappa shape index (κ3) is 4.18. The Morgan fingerprint density at radius 1 is 0.758 bits per heavy atom. The van der Waals surface area contributed by atoms with E-state index >= 15 is 0 Å². The normalized spacial score (nSPS) is 26.0. The molecule has 0 aromatic heterocycles. The molecule has 3 nitrogen and oxygen atoms in total. The van der Waals surface area contributed by atoms with Crippen LogP contribution in [-0.2, 0) is 13.0 Å². The van der Waals surface area contributed by atoms with Crippen molar-refractivity contribution in [2.24, 2.45) is 0 Å². The standard InChI is InChI=1S/C30H44N2O/c1-18-19(2)21(4)29(22(5)20(18)3)17-31-23(6)25(8)32(26(9)24(31)7)28-13-14-30-27(16-28)12-10-11-15-33-30/h13-14,16,23-26H,10-12,15,17H2,1-9H3. The van der Waals surface area contributed by atoms with Crippen molar-refractivity contribution in [3.05, 3.63) is 57.1 Å². The Morgan fingerprint density at radius 2 is 1.33 bits per heavy atom. The Hall–Kier alpha value is -2.00. The summed E-state index contributed by atoms with van der Waals surface area (Å²) in [6.45, 7) is 23.0. The maximum Gasteiger partial charge on any atom is 0.122 e. The molecule has 3 heteroatoms. The second-order valence-corrected chi connectivity index (χ2v) is 10.7. The first-order valence-electron chi connectivity index (χ1n) is 13.0. The van der Waals surface area contributed by atoms with Gasteiger partial charge >= 0.3 is 0 Å². The van der Waals surface area contributed by atoms with Crippen molar-refractivity contribution in [1.29, 1.82) is 0 Å². The molecule has 0 radical (unpaired) electrons. The lowest BCUT2D eigenvalue weighted by Crippen LogP contribution is -2.65. The topological polar surface area (TPSA) is 15.7 Å². The van der Waals surface area contributed by atoms with Crippen LogP contribution in [0.4, 0.5) is 5.69 Å². The average Bonchev–Trinajstić information content (AvgIpc) is 3.05. The van der Waals surface area contributed by atoms with E-state index in [1.807, 2.05) is 0 Å². The second-order valence-electron chi connectivity index (χ2n) is 10.7. The fourth-order valence-electron chi connectivity index (χ4n) is 6.18. The Morgan fingerprint density at radius 3 is 1.94 bits per heavy atom. The number of hydrogen-bond acceptors (Lipinski definition) is 3. The largest absolute Gasteiger partial charge is 0.493 e. The third-order valence-corrected chi connectivity index (χ3v) is 9.26. The van der Waals surface area contributed by atoms with Gasteiger partial charge in [-0.1, -0.05) is 0 Å². The van der Waals surface area contributed by atoms with Crippen LogP contribution in [0.25, 0.3) is 0 Å². The van der Waals surface area contributed by atoms with Gasteiger partial charge in [0.15, 0.2) is 0 Å². The first kappa shape index (κ1) is 24.1. The second kappa shape index (κ2) is 9.33. The van der Waals surface area contributed by atoms with Crippen molar-refractivity contribution >= 4 is 5.69 Å². The number of nitrogens with zero attached hydrogens (tertiary/aromatic N) is 2. The van der Waals surface area contributed by atoms with E-state index in [0.29, 0.717) is 24.2 Å². The van der Waals surface area contributed by atoms with Gasteiger partial charge < -0.3 is 9.64 Å². The smallest absolute Gasteiger partial charge is 0.122 e. The Bertz CT molecular complexity index is 981. The van der Waals surface area contributed by atoms with Gasteiger partial charge in [-0.05, 0) is 139 Å². The molecule has 0 saturated carbocycles. The molecule has 2 aromatic carbocycles. The number of rotatable bonds is 3. The van der Waals surface area contributed by atoms with Crippen LogP contribution in [0, 0.1) is 34.6 Å². The molecule has 1 saturated heterocycles. The van der Waals surface area contributed by atoms with E-state index in [1.54, 1.807) is 0 Å². The van der Waals surface area contributed by atoms with E-state index in [2.05, 4.69) is 90.3 Å². The van der Waals surface area contributed by atoms with E-state index < -0.39 is 0 Å². The molecule has 1 fully saturated rings. The molecular weight excluding hydrogens is 404 g/mol. The molecule has 180 valence electrons. The molecular formula is C30H44N2O. The summed E-state index contributed by atoms with van der Waals surface area (Å²) in [7, 11) is 0. The Kier molecular flexibility index (Phi) is 6.82. The highest BCUT2D eigenvalue weighted by Crippen LogP contribution is 2.37. The summed E-state index contributed by atoms with van der Waals surface area (Å²) in [6.07, 6.45) is 3.50. The first-order chi connectivity index (χ1) is 15.6. The van der Waals surface area contributed by atoms with Gasteiger partial charge in [0.2, 0.25) is 0 Å². The monoisotopic (exact) mass is 448 g/mol. The molecule has 4 rings (SSSR count). The summed E-state index contributed by atoms with van der Waals surface area (Å²) >= 11 is 0. The van der Waals surface area contributed by atoms with Crippen molar-refractivity contribution in [1.82, 2.24) is 4.90 Å². The number of hydrogen-bond donors (Lipinski definition) is 0. The fraction of sp³-hybridized carbons (Fsp3) is 0.600. The molecule has 4 unspecified atom stereocenters. The molecule has 0 spiro atoms. The Balaban J connectivity index is 1.64. The van der Waals surface area contributed by atoms with Crippen LogP contribution in [-0.4, -0.2) is 35.7 Å². The minimum atomic E-state index is 0.439. The zero-order valence-corrected chi connectivity index (χ0v) is 22.4. The van der Waals surface area contributed by atoms with Gasteiger partial charge in [-0.3, -0.25) is 4.90 Å². The predicted octanol–water partition coefficient (Wildman–Crippen LogP) is 6.82. The summed E-state index contributed by atoms with van der Waals surface area (Å²) in [5.74, 6) is 1.09. The number of ether oxygens (including phenoxy) is 1. The van der Waals surface area contributed by atoms with Crippen LogP contribution in [0.1, 0.15) is 79.5 Å². The van der Waals surface area contributed by atoms with Gasteiger partial charge in [0.25, 0.3) is 0 Å². The highest BCUT2D eigenvalue weighted by molar-refractivity contribution is 5.56. The highest BCUT2D eigenvalue weighted by Gasteiger charge is 2.40. The fourth-order valence-corrected chi connectivity index (χ4v) is 6.18. The number of piperazine rings is 1. The van der Waals surface area contributed by atoms with Gasteiger partial charge in [0.05, 0.1) is 6.61 Å². The quantitative estimate of drug-likeness (QED) is 0.512. The van der Waals surface area contributed by atoms with Crippen LogP contribution >= 0.6 is 0 Å². The van der Waals surface area contributed by atoms with Crippen molar-refractivity contribution in [2.45, 2.75) is 112 Å². The lowest BCUT2D eigenvalue weighted by molar-refractivity contribution is 0.0721. The van der Waals surface area contributed by atoms with Crippen molar-refractivity contribution in [3.8, 4) is 5.75 Å². The van der Waals surface area contributed by atoms with Crippen LogP contribution in [0.5, 0.6) is 5.75 Å². The van der Waals surface area contributed by atoms with Crippen molar-refractivity contribution in [3.63, 3.8) is 0 Å². The van der Waals surface area contributed by atoms with Gasteiger partial charge in [-0.15, -0.1) is 0 Å². The van der Waals surface area contributed by atoms with E-state index in [1.165, 1.54) is 51.1 Å². The zero-order chi connectivity index (χ0) is 24.0. The minimum Gasteiger partial charge on any atom is -0.493 e. The molecule has 4 atom stereocenters. The summed E-state index contributed by atoms with van der Waals surface area (Å²) in [4.78, 5) is 5.42. The van der Waals surface area contributed by atoms with Crippen molar-refractivity contribution < 1.29 is 4.74 Å². The number of benzene rings is 2. The molecule has 0 aliphatic carbocycles. The molecule has 33 heavy (non-hydrogen) atoms. The van der Waals surface area contributed by atoms with E-state index in [-0.39, 0.29) is 0 Å². The molecule has 0 bridgehead atoms. The summed E-state index contributed by atoms with van der Waals surface area (Å²) < 4.78 is 5.99. The summed E-state index contributed by atoms with van der Waals surface area (Å²) in [6, 6.07) is 8.71. The molecule has 2 aliphatic rings. The van der Waals surface area contributed by atoms with Gasteiger partial charge in [0, 0.05) is 36.4 Å². The highest BCUT2D eigenvalue weighted by atomic mass is 16.5. The number of fused-ring (bicyclic) bond motifs is 1. The van der Waals surface area contributed by atoms with Crippen molar-refractivity contribution in [2.75, 3.05) is 11.5 Å². The minimum absolute atomic E-state index is 0.439. The third-order valence-electron chi connectivity index (χ3n) is 9.26. The molecule has 2 heterocycles. The van der Waals surface area contributed by atoms with Gasteiger partial charge in [0.1, 0.15) is 5.75 Å². The molecule has 2 aliphatic heterocycles. The zero-order valence-electron chi connectivity index (χ0n) is 22.4.